The summed E-state index contributed by atoms with van der Waals surface area (Å²) in [6.45, 7) is 1.46. The number of carbonyl (C=O) groups is 1. The van der Waals surface area contributed by atoms with Crippen molar-refractivity contribution >= 4 is 5.97 Å². The van der Waals surface area contributed by atoms with Gasteiger partial charge in [-0.2, -0.15) is 5.06 Å². The zero-order valence-electron chi connectivity index (χ0n) is 6.62. The maximum atomic E-state index is 10.5. The van der Waals surface area contributed by atoms with E-state index in [9.17, 15) is 4.79 Å². The fraction of sp³-hybridized carbons (Fsp3) is 0.857. The van der Waals surface area contributed by atoms with Gasteiger partial charge in [0, 0.05) is 13.1 Å². The second-order valence-corrected chi connectivity index (χ2v) is 2.72. The van der Waals surface area contributed by atoms with Gasteiger partial charge >= 0.3 is 5.97 Å². The summed E-state index contributed by atoms with van der Waals surface area (Å²) < 4.78 is 0. The smallest absolute Gasteiger partial charge is 0.306 e. The van der Waals surface area contributed by atoms with Gasteiger partial charge in [-0.1, -0.05) is 0 Å². The number of carboxylic acids is 1. The number of rotatable bonds is 2. The lowest BCUT2D eigenvalue weighted by Crippen LogP contribution is -2.35. The van der Waals surface area contributed by atoms with E-state index in [-0.39, 0.29) is 5.92 Å². The molecule has 1 aliphatic heterocycles. The molecule has 0 saturated carbocycles. The third-order valence-electron chi connectivity index (χ3n) is 2.06. The first-order valence-corrected chi connectivity index (χ1v) is 3.76. The third kappa shape index (κ3) is 2.17. The van der Waals surface area contributed by atoms with Crippen molar-refractivity contribution in [3.8, 4) is 0 Å². The largest absolute Gasteiger partial charge is 0.481 e. The van der Waals surface area contributed by atoms with Gasteiger partial charge in [0.25, 0.3) is 0 Å². The van der Waals surface area contributed by atoms with E-state index in [0.717, 1.165) is 13.1 Å². The molecule has 0 atom stereocenters. The fourth-order valence-electron chi connectivity index (χ4n) is 1.29. The zero-order chi connectivity index (χ0) is 8.27. The first kappa shape index (κ1) is 8.49. The number of hydrogen-bond acceptors (Lipinski definition) is 3. The highest BCUT2D eigenvalue weighted by Crippen LogP contribution is 2.16. The number of piperidine rings is 1. The van der Waals surface area contributed by atoms with E-state index in [0.29, 0.717) is 12.8 Å². The minimum atomic E-state index is -0.680. The summed E-state index contributed by atoms with van der Waals surface area (Å²) >= 11 is 0. The molecule has 1 saturated heterocycles. The van der Waals surface area contributed by atoms with Gasteiger partial charge in [-0.05, 0) is 12.8 Å². The van der Waals surface area contributed by atoms with Crippen LogP contribution in [0, 0.1) is 5.92 Å². The summed E-state index contributed by atoms with van der Waals surface area (Å²) in [6, 6.07) is 0. The number of hydrogen-bond donors (Lipinski definition) is 1. The van der Waals surface area contributed by atoms with E-state index in [1.165, 1.54) is 0 Å². The molecule has 0 unspecified atom stereocenters. The van der Waals surface area contributed by atoms with Crippen molar-refractivity contribution in [1.82, 2.24) is 5.06 Å². The summed E-state index contributed by atoms with van der Waals surface area (Å²) in [5.41, 5.74) is 0. The Morgan fingerprint density at radius 1 is 1.55 bits per heavy atom. The molecule has 4 heteroatoms. The van der Waals surface area contributed by atoms with Crippen molar-refractivity contribution in [2.75, 3.05) is 20.2 Å². The van der Waals surface area contributed by atoms with Crippen LogP contribution in [0.1, 0.15) is 12.8 Å². The van der Waals surface area contributed by atoms with Crippen LogP contribution in [0.15, 0.2) is 0 Å². The van der Waals surface area contributed by atoms with Gasteiger partial charge in [0.05, 0.1) is 13.0 Å². The summed E-state index contributed by atoms with van der Waals surface area (Å²) in [5, 5.41) is 10.4. The highest BCUT2D eigenvalue weighted by Gasteiger charge is 2.23. The third-order valence-corrected chi connectivity index (χ3v) is 2.06. The zero-order valence-corrected chi connectivity index (χ0v) is 6.62. The van der Waals surface area contributed by atoms with Crippen LogP contribution in [-0.4, -0.2) is 36.3 Å². The van der Waals surface area contributed by atoms with Crippen molar-refractivity contribution in [3.63, 3.8) is 0 Å². The molecule has 4 nitrogen and oxygen atoms in total. The van der Waals surface area contributed by atoms with Gasteiger partial charge in [-0.25, -0.2) is 0 Å². The first-order chi connectivity index (χ1) is 5.24. The molecule has 0 aromatic carbocycles. The van der Waals surface area contributed by atoms with E-state index in [1.807, 2.05) is 0 Å². The first-order valence-electron chi connectivity index (χ1n) is 3.76. The van der Waals surface area contributed by atoms with Crippen LogP contribution in [0.4, 0.5) is 0 Å². The van der Waals surface area contributed by atoms with Crippen LogP contribution in [-0.2, 0) is 9.63 Å². The van der Waals surface area contributed by atoms with Gasteiger partial charge in [-0.15, -0.1) is 0 Å². The average Bonchev–Trinajstić information content (AvgIpc) is 2.05. The molecule has 1 N–H and O–H groups in total. The van der Waals surface area contributed by atoms with E-state index in [2.05, 4.69) is 0 Å². The van der Waals surface area contributed by atoms with Crippen LogP contribution >= 0.6 is 0 Å². The standard InChI is InChI=1S/C7H13NO3/c1-11-8-4-2-6(3-5-8)7(9)10/h6H,2-5H2,1H3,(H,9,10). The Balaban J connectivity index is 2.30. The minimum Gasteiger partial charge on any atom is -0.481 e. The quantitative estimate of drug-likeness (QED) is 0.631. The lowest BCUT2D eigenvalue weighted by molar-refractivity contribution is -0.161. The Hall–Kier alpha value is -0.610. The molecule has 0 radical (unpaired) electrons. The van der Waals surface area contributed by atoms with Crippen molar-refractivity contribution in [2.45, 2.75) is 12.8 Å². The molecule has 11 heavy (non-hydrogen) atoms. The van der Waals surface area contributed by atoms with Crippen molar-refractivity contribution in [3.05, 3.63) is 0 Å². The van der Waals surface area contributed by atoms with Crippen LogP contribution in [0.3, 0.4) is 0 Å². The molecule has 0 spiro atoms. The Labute approximate surface area is 65.7 Å². The van der Waals surface area contributed by atoms with Crippen molar-refractivity contribution in [2.24, 2.45) is 5.92 Å². The molecule has 0 aromatic rings. The number of nitrogens with zero attached hydrogens (tertiary/aromatic N) is 1. The highest BCUT2D eigenvalue weighted by atomic mass is 16.7. The highest BCUT2D eigenvalue weighted by molar-refractivity contribution is 5.70. The number of carboxylic acid groups (broad SMARTS) is 1. The van der Waals surface area contributed by atoms with Crippen LogP contribution in [0.25, 0.3) is 0 Å². The minimum absolute atomic E-state index is 0.165. The summed E-state index contributed by atoms with van der Waals surface area (Å²) in [4.78, 5) is 15.4. The van der Waals surface area contributed by atoms with E-state index in [4.69, 9.17) is 9.94 Å². The summed E-state index contributed by atoms with van der Waals surface area (Å²) in [7, 11) is 1.61. The maximum Gasteiger partial charge on any atom is 0.306 e. The maximum absolute atomic E-state index is 10.5. The Kier molecular flexibility index (Phi) is 2.84. The monoisotopic (exact) mass is 159 g/mol. The fourth-order valence-corrected chi connectivity index (χ4v) is 1.29. The molecular formula is C7H13NO3. The molecule has 1 aliphatic rings. The van der Waals surface area contributed by atoms with Gasteiger partial charge in [0.1, 0.15) is 0 Å². The predicted molar refractivity (Wildman–Crippen MR) is 38.9 cm³/mol. The number of hydroxylamine groups is 2. The predicted octanol–water partition coefficient (Wildman–Crippen LogP) is 0.344. The van der Waals surface area contributed by atoms with Gasteiger partial charge in [-0.3, -0.25) is 4.79 Å². The number of aliphatic carboxylic acids is 1. The molecule has 1 fully saturated rings. The Morgan fingerprint density at radius 2 is 2.09 bits per heavy atom. The molecular weight excluding hydrogens is 146 g/mol. The molecule has 1 rings (SSSR count). The molecule has 64 valence electrons. The SMILES string of the molecule is CON1CCC(C(=O)O)CC1. The molecule has 0 aliphatic carbocycles. The molecule has 0 amide bonds. The summed E-state index contributed by atoms with van der Waals surface area (Å²) in [5.74, 6) is -0.845. The molecule has 0 aromatic heterocycles. The van der Waals surface area contributed by atoms with Crippen molar-refractivity contribution in [1.29, 1.82) is 0 Å². The van der Waals surface area contributed by atoms with E-state index < -0.39 is 5.97 Å². The lowest BCUT2D eigenvalue weighted by atomic mass is 9.98. The Bertz CT molecular complexity index is 141. The van der Waals surface area contributed by atoms with Crippen LogP contribution < -0.4 is 0 Å². The summed E-state index contributed by atoms with van der Waals surface area (Å²) in [6.07, 6.45) is 1.40. The topological polar surface area (TPSA) is 49.8 Å². The second-order valence-electron chi connectivity index (χ2n) is 2.72. The normalized spacial score (nSPS) is 21.9. The van der Waals surface area contributed by atoms with Crippen LogP contribution in [0.5, 0.6) is 0 Å². The molecule has 1 heterocycles. The lowest BCUT2D eigenvalue weighted by Gasteiger charge is -2.27. The van der Waals surface area contributed by atoms with E-state index in [1.54, 1.807) is 12.2 Å². The second kappa shape index (κ2) is 3.69. The van der Waals surface area contributed by atoms with Crippen LogP contribution in [0.2, 0.25) is 0 Å². The van der Waals surface area contributed by atoms with Gasteiger partial charge in [0.2, 0.25) is 0 Å². The van der Waals surface area contributed by atoms with Crippen molar-refractivity contribution < 1.29 is 14.7 Å². The Morgan fingerprint density at radius 3 is 2.45 bits per heavy atom. The van der Waals surface area contributed by atoms with Gasteiger partial charge < -0.3 is 9.94 Å². The molecule has 0 bridgehead atoms. The van der Waals surface area contributed by atoms with Gasteiger partial charge in [0.15, 0.2) is 0 Å². The van der Waals surface area contributed by atoms with E-state index >= 15 is 0 Å². The average molecular weight is 159 g/mol.